The average Bonchev–Trinajstić information content (AvgIpc) is 3.19. The average molecular weight is 465 g/mol. The van der Waals surface area contributed by atoms with Crippen molar-refractivity contribution in [2.24, 2.45) is 4.99 Å². The van der Waals surface area contributed by atoms with Gasteiger partial charge in [-0.1, -0.05) is 19.1 Å². The summed E-state index contributed by atoms with van der Waals surface area (Å²) in [7, 11) is 0. The SMILES string of the molecule is C=N/C=C(\C=C/Cn1ncc(-c2cc(F)c(C#N)cc2C)c1O)C(=O)N1CCN(CC)[C@H](C)C1. The smallest absolute Gasteiger partial charge is 0.255 e. The van der Waals surface area contributed by atoms with Crippen LogP contribution in [0.5, 0.6) is 5.88 Å². The Bertz CT molecular complexity index is 1180. The van der Waals surface area contributed by atoms with Crippen LogP contribution in [0.15, 0.2) is 47.2 Å². The van der Waals surface area contributed by atoms with Gasteiger partial charge in [0.15, 0.2) is 0 Å². The first kappa shape index (κ1) is 24.9. The molecule has 3 rings (SSSR count). The summed E-state index contributed by atoms with van der Waals surface area (Å²) in [5, 5.41) is 23.8. The van der Waals surface area contributed by atoms with Gasteiger partial charge in [0.1, 0.15) is 11.9 Å². The zero-order chi connectivity index (χ0) is 24.8. The summed E-state index contributed by atoms with van der Waals surface area (Å²) < 4.78 is 15.5. The minimum atomic E-state index is -0.658. The number of likely N-dealkylation sites (N-methyl/N-ethyl adjacent to an activating group) is 1. The molecule has 0 spiro atoms. The molecule has 1 saturated heterocycles. The van der Waals surface area contributed by atoms with Crippen LogP contribution in [0.2, 0.25) is 0 Å². The first-order chi connectivity index (χ1) is 16.3. The number of aromatic nitrogens is 2. The molecular weight excluding hydrogens is 435 g/mol. The van der Waals surface area contributed by atoms with Crippen molar-refractivity contribution in [2.75, 3.05) is 26.2 Å². The van der Waals surface area contributed by atoms with Crippen molar-refractivity contribution in [3.63, 3.8) is 0 Å². The number of aryl methyl sites for hydroxylation is 1. The molecule has 1 aromatic carbocycles. The first-order valence-corrected chi connectivity index (χ1v) is 11.1. The van der Waals surface area contributed by atoms with Gasteiger partial charge in [0, 0.05) is 31.9 Å². The van der Waals surface area contributed by atoms with Crippen LogP contribution in [0.25, 0.3) is 11.1 Å². The molecule has 1 fully saturated rings. The lowest BCUT2D eigenvalue weighted by atomic mass is 10.0. The quantitative estimate of drug-likeness (QED) is 0.385. The van der Waals surface area contributed by atoms with E-state index in [1.807, 2.05) is 4.90 Å². The van der Waals surface area contributed by atoms with Gasteiger partial charge in [-0.05, 0) is 50.4 Å². The molecule has 0 unspecified atom stereocenters. The van der Waals surface area contributed by atoms with E-state index in [2.05, 4.69) is 35.6 Å². The Morgan fingerprint density at radius 2 is 2.18 bits per heavy atom. The van der Waals surface area contributed by atoms with Crippen LogP contribution in [0.4, 0.5) is 4.39 Å². The summed E-state index contributed by atoms with van der Waals surface area (Å²) in [5.41, 5.74) is 1.80. The first-order valence-electron chi connectivity index (χ1n) is 11.1. The van der Waals surface area contributed by atoms with Crippen LogP contribution >= 0.6 is 0 Å². The molecular formula is C25H29FN6O2. The van der Waals surface area contributed by atoms with E-state index in [0.29, 0.717) is 35.4 Å². The van der Waals surface area contributed by atoms with Crippen molar-refractivity contribution >= 4 is 12.6 Å². The fourth-order valence-corrected chi connectivity index (χ4v) is 4.14. The lowest BCUT2D eigenvalue weighted by Crippen LogP contribution is -2.53. The summed E-state index contributed by atoms with van der Waals surface area (Å²) in [6.07, 6.45) is 6.20. The molecule has 1 aliphatic heterocycles. The number of aliphatic imine (C=N–C) groups is 1. The number of aromatic hydroxyl groups is 1. The van der Waals surface area contributed by atoms with Gasteiger partial charge < -0.3 is 10.0 Å². The molecule has 0 saturated carbocycles. The summed E-state index contributed by atoms with van der Waals surface area (Å²) in [6.45, 7) is 12.6. The minimum absolute atomic E-state index is 0.0543. The maximum atomic E-state index is 14.1. The minimum Gasteiger partial charge on any atom is -0.493 e. The van der Waals surface area contributed by atoms with E-state index in [-0.39, 0.29) is 29.9 Å². The Kier molecular flexibility index (Phi) is 7.97. The highest BCUT2D eigenvalue weighted by Gasteiger charge is 2.26. The molecule has 0 bridgehead atoms. The maximum Gasteiger partial charge on any atom is 0.255 e. The molecule has 9 heteroatoms. The van der Waals surface area contributed by atoms with Crippen molar-refractivity contribution in [3.8, 4) is 23.1 Å². The number of hydrogen-bond acceptors (Lipinski definition) is 6. The predicted octanol–water partition coefficient (Wildman–Crippen LogP) is 3.27. The van der Waals surface area contributed by atoms with Crippen molar-refractivity contribution in [1.82, 2.24) is 19.6 Å². The van der Waals surface area contributed by atoms with E-state index in [1.54, 1.807) is 25.1 Å². The zero-order valence-electron chi connectivity index (χ0n) is 19.7. The molecule has 2 aromatic rings. The third-order valence-corrected chi connectivity index (χ3v) is 6.05. The summed E-state index contributed by atoms with van der Waals surface area (Å²) in [5.74, 6) is -0.921. The fraction of sp³-hybridized carbons (Fsp3) is 0.360. The van der Waals surface area contributed by atoms with Gasteiger partial charge in [-0.3, -0.25) is 14.7 Å². The number of nitrogens with zero attached hydrogens (tertiary/aromatic N) is 6. The second-order valence-corrected chi connectivity index (χ2v) is 8.22. The van der Waals surface area contributed by atoms with Crippen molar-refractivity contribution in [3.05, 3.63) is 59.2 Å². The zero-order valence-corrected chi connectivity index (χ0v) is 19.7. The molecule has 34 heavy (non-hydrogen) atoms. The van der Waals surface area contributed by atoms with Gasteiger partial charge in [-0.15, -0.1) is 0 Å². The summed E-state index contributed by atoms with van der Waals surface area (Å²) in [4.78, 5) is 20.9. The Labute approximate surface area is 198 Å². The van der Waals surface area contributed by atoms with E-state index in [9.17, 15) is 14.3 Å². The van der Waals surface area contributed by atoms with Crippen molar-refractivity contribution in [2.45, 2.75) is 33.4 Å². The van der Waals surface area contributed by atoms with E-state index in [4.69, 9.17) is 5.26 Å². The number of allylic oxidation sites excluding steroid dienone is 1. The number of hydrogen-bond donors (Lipinski definition) is 1. The lowest BCUT2D eigenvalue weighted by molar-refractivity contribution is -0.129. The number of nitriles is 1. The molecule has 1 N–H and O–H groups in total. The molecule has 178 valence electrons. The highest BCUT2D eigenvalue weighted by molar-refractivity contribution is 5.96. The van der Waals surface area contributed by atoms with Crippen molar-refractivity contribution in [1.29, 1.82) is 5.26 Å². The number of rotatable bonds is 7. The van der Waals surface area contributed by atoms with Crippen LogP contribution in [0, 0.1) is 24.1 Å². The van der Waals surface area contributed by atoms with Gasteiger partial charge in [-0.2, -0.15) is 10.4 Å². The van der Waals surface area contributed by atoms with Crippen LogP contribution in [0.1, 0.15) is 25.0 Å². The van der Waals surface area contributed by atoms with Gasteiger partial charge >= 0.3 is 0 Å². The molecule has 8 nitrogen and oxygen atoms in total. The Balaban J connectivity index is 1.74. The van der Waals surface area contributed by atoms with Gasteiger partial charge in [0.25, 0.3) is 5.91 Å². The monoisotopic (exact) mass is 464 g/mol. The number of halogens is 1. The van der Waals surface area contributed by atoms with Crippen LogP contribution in [0.3, 0.4) is 0 Å². The van der Waals surface area contributed by atoms with E-state index >= 15 is 0 Å². The molecule has 1 amide bonds. The number of carbonyl (C=O) groups is 1. The second-order valence-electron chi connectivity index (χ2n) is 8.22. The molecule has 1 aromatic heterocycles. The normalized spacial score (nSPS) is 17.2. The third kappa shape index (κ3) is 5.24. The molecule has 0 aliphatic carbocycles. The summed E-state index contributed by atoms with van der Waals surface area (Å²) >= 11 is 0. The molecule has 0 radical (unpaired) electrons. The Hall–Kier alpha value is -3.77. The van der Waals surface area contributed by atoms with E-state index < -0.39 is 5.82 Å². The van der Waals surface area contributed by atoms with Gasteiger partial charge in [0.05, 0.1) is 29.4 Å². The Morgan fingerprint density at radius 3 is 2.82 bits per heavy atom. The third-order valence-electron chi connectivity index (χ3n) is 6.05. The van der Waals surface area contributed by atoms with Crippen molar-refractivity contribution < 1.29 is 14.3 Å². The second kappa shape index (κ2) is 10.9. The molecule has 2 heterocycles. The van der Waals surface area contributed by atoms with Gasteiger partial charge in [-0.25, -0.2) is 9.07 Å². The number of amides is 1. The lowest BCUT2D eigenvalue weighted by Gasteiger charge is -2.39. The number of piperazine rings is 1. The molecule has 1 aliphatic rings. The summed E-state index contributed by atoms with van der Waals surface area (Å²) in [6, 6.07) is 4.74. The van der Waals surface area contributed by atoms with Crippen LogP contribution in [-0.4, -0.2) is 69.5 Å². The van der Waals surface area contributed by atoms with E-state index in [0.717, 1.165) is 13.1 Å². The van der Waals surface area contributed by atoms with E-state index in [1.165, 1.54) is 29.2 Å². The fourth-order valence-electron chi connectivity index (χ4n) is 4.14. The predicted molar refractivity (Wildman–Crippen MR) is 129 cm³/mol. The van der Waals surface area contributed by atoms with Crippen LogP contribution < -0.4 is 0 Å². The standard InChI is InChI=1S/C25H29FN6O2/c1-5-30-9-10-31(16-18(30)3)24(33)19(14-28-4)7-6-8-32-25(34)22(15-29-32)21-12-23(26)20(13-27)11-17(21)2/h6-7,11-12,14-15,18,34H,4-5,8-10,16H2,1-3H3/b7-6-,19-14+/t18-/m1/s1. The number of carbonyl (C=O) groups excluding carboxylic acids is 1. The number of benzene rings is 1. The molecule has 1 atom stereocenters. The topological polar surface area (TPSA) is 97.8 Å². The highest BCUT2D eigenvalue weighted by atomic mass is 19.1. The van der Waals surface area contributed by atoms with Crippen LogP contribution in [-0.2, 0) is 11.3 Å². The maximum absolute atomic E-state index is 14.1. The highest BCUT2D eigenvalue weighted by Crippen LogP contribution is 2.32. The largest absolute Gasteiger partial charge is 0.493 e. The Morgan fingerprint density at radius 1 is 1.41 bits per heavy atom. The van der Waals surface area contributed by atoms with Gasteiger partial charge in [0.2, 0.25) is 5.88 Å².